The van der Waals surface area contributed by atoms with Crippen molar-refractivity contribution in [2.24, 2.45) is 0 Å². The first kappa shape index (κ1) is 98.1. The van der Waals surface area contributed by atoms with Crippen LogP contribution in [0, 0.1) is 0 Å². The van der Waals surface area contributed by atoms with Gasteiger partial charge in [-0.25, -0.2) is 25.3 Å². The van der Waals surface area contributed by atoms with E-state index in [-0.39, 0.29) is 93.3 Å². The first-order chi connectivity index (χ1) is 49.2. The number of halogens is 6. The number of alkyl halides is 6. The number of methoxy groups -OCH3 is 6. The second kappa shape index (κ2) is 50.0. The van der Waals surface area contributed by atoms with Gasteiger partial charge in [0.2, 0.25) is 17.2 Å². The molecule has 0 amide bonds. The maximum Gasteiger partial charge on any atom is 0.248 e. The molecule has 0 fully saturated rings. The lowest BCUT2D eigenvalue weighted by Crippen LogP contribution is -2.41. The van der Waals surface area contributed by atoms with Gasteiger partial charge in [0.1, 0.15) is 51.6 Å². The maximum absolute atomic E-state index is 12.4. The number of carbonyl (C=O) groups excluding carboxylic acids is 6. The number of rotatable bonds is 36. The Labute approximate surface area is 654 Å². The van der Waals surface area contributed by atoms with Crippen molar-refractivity contribution in [2.45, 2.75) is 163 Å². The van der Waals surface area contributed by atoms with Crippen LogP contribution in [0.1, 0.15) is 80.1 Å². The minimum absolute atomic E-state index is 0.0159. The Bertz CT molecular complexity index is 4040. The fourth-order valence-electron chi connectivity index (χ4n) is 8.71. The van der Waals surface area contributed by atoms with Crippen molar-refractivity contribution in [1.29, 1.82) is 0 Å². The maximum atomic E-state index is 12.4. The third-order valence-corrected chi connectivity index (χ3v) is 28.8. The molecular formula is C72H90Cl6O21S6. The summed E-state index contributed by atoms with van der Waals surface area (Å²) in [6.45, 7) is 8.47. The monoisotopic (exact) mass is 1690 g/mol. The molecule has 21 nitrogen and oxygen atoms in total. The van der Waals surface area contributed by atoms with Gasteiger partial charge >= 0.3 is 0 Å². The summed E-state index contributed by atoms with van der Waals surface area (Å²) >= 11 is 36.2. The van der Waals surface area contributed by atoms with Gasteiger partial charge in [0.05, 0.1) is 83.0 Å². The predicted octanol–water partition coefficient (Wildman–Crippen LogP) is 13.1. The van der Waals surface area contributed by atoms with Crippen LogP contribution >= 0.6 is 69.6 Å². The quantitative estimate of drug-likeness (QED) is 0.0330. The lowest BCUT2D eigenvalue weighted by molar-refractivity contribution is -0.120. The van der Waals surface area contributed by atoms with E-state index in [1.807, 2.05) is 36.4 Å². The Morgan fingerprint density at radius 1 is 0.390 bits per heavy atom. The van der Waals surface area contributed by atoms with Crippen molar-refractivity contribution in [3.8, 4) is 0 Å². The molecule has 6 rings (SSSR count). The molecule has 582 valence electrons. The minimum atomic E-state index is -4.04. The van der Waals surface area contributed by atoms with Crippen LogP contribution in [0.5, 0.6) is 0 Å². The van der Waals surface area contributed by atoms with Crippen LogP contribution in [-0.4, -0.2) is 180 Å². The van der Waals surface area contributed by atoms with Crippen molar-refractivity contribution in [1.82, 2.24) is 0 Å². The molecule has 33 heteroatoms. The van der Waals surface area contributed by atoms with Crippen LogP contribution in [-0.2, 0) is 119 Å². The van der Waals surface area contributed by atoms with Crippen molar-refractivity contribution < 1.29 is 95.1 Å². The highest BCUT2D eigenvalue weighted by molar-refractivity contribution is 7.95. The summed E-state index contributed by atoms with van der Waals surface area (Å²) in [4.78, 5) is 68.5. The number of ether oxygens (including phenoxy) is 6. The molecule has 11 unspecified atom stereocenters. The zero-order chi connectivity index (χ0) is 79.9. The molecule has 0 saturated carbocycles. The average molecular weight is 1700 g/mol. The summed E-state index contributed by atoms with van der Waals surface area (Å²) in [6.07, 6.45) is -3.80. The van der Waals surface area contributed by atoms with Crippen LogP contribution in [0.4, 0.5) is 0 Å². The van der Waals surface area contributed by atoms with Crippen molar-refractivity contribution in [2.75, 3.05) is 54.2 Å². The smallest absolute Gasteiger partial charge is 0.248 e. The first-order valence-electron chi connectivity index (χ1n) is 31.6. The van der Waals surface area contributed by atoms with E-state index < -0.39 is 109 Å². The van der Waals surface area contributed by atoms with Crippen molar-refractivity contribution >= 4 is 166 Å². The predicted molar refractivity (Wildman–Crippen MR) is 414 cm³/mol. The van der Waals surface area contributed by atoms with E-state index >= 15 is 0 Å². The van der Waals surface area contributed by atoms with Crippen molar-refractivity contribution in [3.63, 3.8) is 0 Å². The fraction of sp³-hybridized carbons (Fsp3) is 0.417. The second-order valence-electron chi connectivity index (χ2n) is 22.8. The highest BCUT2D eigenvalue weighted by Crippen LogP contribution is 2.40. The summed E-state index contributed by atoms with van der Waals surface area (Å²) in [5.41, 5.74) is 0. The largest absolute Gasteiger partial charge is 0.380 e. The summed E-state index contributed by atoms with van der Waals surface area (Å²) in [7, 11) is -6.93. The number of sulfone groups is 3. The van der Waals surface area contributed by atoms with E-state index in [0.717, 1.165) is 4.90 Å². The highest BCUT2D eigenvalue weighted by atomic mass is 35.5. The first-order valence-corrected chi connectivity index (χ1v) is 42.3. The van der Waals surface area contributed by atoms with E-state index in [4.69, 9.17) is 98.0 Å². The Balaban J connectivity index is 0.000000630. The molecule has 0 aromatic heterocycles. The summed E-state index contributed by atoms with van der Waals surface area (Å²) in [6, 6.07) is 50.3. The Morgan fingerprint density at radius 2 is 0.724 bits per heavy atom. The molecule has 11 atom stereocenters. The van der Waals surface area contributed by atoms with Crippen LogP contribution in [0.2, 0.25) is 0 Å². The van der Waals surface area contributed by atoms with E-state index in [1.165, 1.54) is 121 Å². The molecule has 105 heavy (non-hydrogen) atoms. The average Bonchev–Trinajstić information content (AvgIpc) is 0.773. The standard InChI is InChI=1S/C12H14Cl2O4S.C12H14Cl2O3S.C12H15ClO4S.C12H15ClO3S.C12H16O4S.C12H16O3S/c1-9(15)8-11(18-2)12(13,14)19(16,17)10-6-4-3-5-7-10;1-9(15)8-11(17-2)12(13,14)18(16)10-6-4-3-5-7-10;1-9(14)8-11(17-2)12(13)18(15,16)10-6-4-3-5-7-10;1-9(14)8-11(16-2)12(13)17(15)10-6-4-3-5-7-10;1-10(13)8-11(16-2)9-17(14,15)12-6-4-3-5-7-12;1-10(13)8-11(15-2)9-16(14)12-6-4-3-5-7-12/h3-7,11H,8H2,1-2H3;3-7,11H,8H2,1-2H3;3-7,11-12H,8H2,1-2H3;3-7,11-12H,8H2,1-2H3;3-7,11H,8-9H2,1-2H3;3-7,11H,8-9H2,1-2H3. The molecule has 0 aliphatic carbocycles. The Morgan fingerprint density at radius 3 is 1.10 bits per heavy atom. The van der Waals surface area contributed by atoms with E-state index in [9.17, 15) is 66.6 Å². The third kappa shape index (κ3) is 35.1. The topological polar surface area (TPSA) is 311 Å². The zero-order valence-electron chi connectivity index (χ0n) is 59.9. The molecule has 0 N–H and O–H groups in total. The summed E-state index contributed by atoms with van der Waals surface area (Å²) in [5, 5.41) is 0. The molecule has 0 radical (unpaired) electrons. The van der Waals surface area contributed by atoms with Gasteiger partial charge in [-0.15, -0.1) is 23.2 Å². The molecule has 0 saturated heterocycles. The Hall–Kier alpha value is -4.86. The molecule has 6 aromatic rings. The Kier molecular flexibility index (Phi) is 46.8. The normalized spacial score (nSPS) is 14.7. The molecule has 0 heterocycles. The van der Waals surface area contributed by atoms with Gasteiger partial charge in [0.25, 0.3) is 0 Å². The van der Waals surface area contributed by atoms with Crippen LogP contribution in [0.15, 0.2) is 211 Å². The number of carbonyl (C=O) groups is 6. The second-order valence-corrected chi connectivity index (χ2v) is 38.8. The van der Waals surface area contributed by atoms with Gasteiger partial charge in [-0.05, 0) is 114 Å². The molecule has 6 aromatic carbocycles. The van der Waals surface area contributed by atoms with Gasteiger partial charge < -0.3 is 28.4 Å². The highest BCUT2D eigenvalue weighted by Gasteiger charge is 2.49. The van der Waals surface area contributed by atoms with Crippen LogP contribution in [0.3, 0.4) is 0 Å². The molecule has 0 spiro atoms. The van der Waals surface area contributed by atoms with Crippen LogP contribution < -0.4 is 0 Å². The lowest BCUT2D eigenvalue weighted by atomic mass is 10.2. The zero-order valence-corrected chi connectivity index (χ0v) is 69.3. The van der Waals surface area contributed by atoms with E-state index in [1.54, 1.807) is 109 Å². The number of Topliss-reactive ketones (excluding diaryl/α,β-unsaturated/α-hetero) is 6. The van der Waals surface area contributed by atoms with Crippen LogP contribution in [0.25, 0.3) is 0 Å². The van der Waals surface area contributed by atoms with E-state index in [0.29, 0.717) is 22.0 Å². The van der Waals surface area contributed by atoms with Gasteiger partial charge in [0, 0.05) is 95.9 Å². The van der Waals surface area contributed by atoms with Gasteiger partial charge in [0.15, 0.2) is 24.4 Å². The minimum Gasteiger partial charge on any atom is -0.380 e. The third-order valence-electron chi connectivity index (χ3n) is 14.1. The molecule has 0 bridgehead atoms. The van der Waals surface area contributed by atoms with Gasteiger partial charge in [-0.2, -0.15) is 0 Å². The van der Waals surface area contributed by atoms with Gasteiger partial charge in [-0.3, -0.25) is 41.4 Å². The number of benzene rings is 6. The fourth-order valence-corrected chi connectivity index (χ4v) is 19.3. The molecule has 0 aliphatic heterocycles. The number of ketones is 6. The summed E-state index contributed by atoms with van der Waals surface area (Å²) < 4.78 is 134. The van der Waals surface area contributed by atoms with E-state index in [2.05, 4.69) is 0 Å². The summed E-state index contributed by atoms with van der Waals surface area (Å²) in [5.74, 6) is -0.438. The molecular weight excluding hydrogens is 1610 g/mol. The SMILES string of the molecule is COC(CC(C)=O)C(Cl)(Cl)S(=O)(=O)c1ccccc1.COC(CC(C)=O)C(Cl)(Cl)S(=O)c1ccccc1.COC(CC(C)=O)C(Cl)S(=O)(=O)c1ccccc1.COC(CC(C)=O)C(Cl)S(=O)c1ccccc1.COC(CC(C)=O)CS(=O)(=O)c1ccccc1.COC(CC(C)=O)CS(=O)c1ccccc1. The van der Waals surface area contributed by atoms with Gasteiger partial charge in [-0.1, -0.05) is 156 Å². The number of hydrogen-bond acceptors (Lipinski definition) is 21. The lowest BCUT2D eigenvalue weighted by Gasteiger charge is -2.27. The van der Waals surface area contributed by atoms with Crippen molar-refractivity contribution in [3.05, 3.63) is 182 Å². The number of hydrogen-bond donors (Lipinski definition) is 0. The molecule has 0 aliphatic rings.